The molecule has 4 aromatic rings. The molecule has 0 aromatic heterocycles. The summed E-state index contributed by atoms with van der Waals surface area (Å²) in [5, 5.41) is 1.51. The van der Waals surface area contributed by atoms with Crippen LogP contribution >= 0.6 is 48.0 Å². The Labute approximate surface area is 344 Å². The van der Waals surface area contributed by atoms with Gasteiger partial charge in [-0.1, -0.05) is 0 Å². The summed E-state index contributed by atoms with van der Waals surface area (Å²) < 4.78 is 11.5. The number of hydrogen-bond donors (Lipinski definition) is 0. The fourth-order valence-corrected chi connectivity index (χ4v) is 28.1. The van der Waals surface area contributed by atoms with Crippen molar-refractivity contribution in [2.75, 3.05) is 0 Å². The molecule has 2 aliphatic rings. The van der Waals surface area contributed by atoms with Crippen molar-refractivity contribution in [2.45, 2.75) is 113 Å². The third-order valence-corrected chi connectivity index (χ3v) is 29.1. The molecule has 0 saturated carbocycles. The standard InChI is InChI=1S/C23H29.C12H19.2C6H4Cl.CH2.2ClH.Zr/c1-14-9-16-11-17-10-15(2)21(23(6,7)8)13-19(17)18(16)12-20(14)22(3,4)5;1-5-6-10-7-8-11(9-10)12(2,3)4;2*7-6-4-2-1-3-5-6;;;;/h9,12-13H,11H2,1-8H3;8-10H,5-6H2,1-4H3;2*1-2,4-5H;1H2;2*1H;. The van der Waals surface area contributed by atoms with Gasteiger partial charge in [-0.2, -0.15) is 0 Å². The Balaban J connectivity index is 0.00000314. The molecule has 2 aliphatic carbocycles. The summed E-state index contributed by atoms with van der Waals surface area (Å²) in [5.74, 6) is 0.261. The molecular formula is C48H60Cl4Zr. The van der Waals surface area contributed by atoms with Gasteiger partial charge in [-0.3, -0.25) is 0 Å². The summed E-state index contributed by atoms with van der Waals surface area (Å²) in [5.41, 5.74) is 12.5. The van der Waals surface area contributed by atoms with Gasteiger partial charge < -0.3 is 0 Å². The first-order chi connectivity index (χ1) is 23.6. The summed E-state index contributed by atoms with van der Waals surface area (Å²) in [7, 11) is 0. The van der Waals surface area contributed by atoms with Crippen LogP contribution in [0.5, 0.6) is 0 Å². The Bertz CT molecular complexity index is 2140. The molecule has 0 spiro atoms. The van der Waals surface area contributed by atoms with E-state index in [-0.39, 0.29) is 47.0 Å². The first-order valence-electron chi connectivity index (χ1n) is 18.9. The molecule has 0 aliphatic heterocycles. The molecule has 0 bridgehead atoms. The van der Waals surface area contributed by atoms with Crippen molar-refractivity contribution in [3.8, 4) is 11.1 Å². The average Bonchev–Trinajstić information content (AvgIpc) is 3.61. The summed E-state index contributed by atoms with van der Waals surface area (Å²) in [6.07, 6.45) is 8.23. The molecule has 0 saturated heterocycles. The van der Waals surface area contributed by atoms with Crippen molar-refractivity contribution in [2.24, 2.45) is 11.3 Å². The zero-order chi connectivity index (χ0) is 37.5. The van der Waals surface area contributed by atoms with Crippen molar-refractivity contribution in [3.05, 3.63) is 131 Å². The Morgan fingerprint density at radius 1 is 0.717 bits per heavy atom. The van der Waals surface area contributed by atoms with Crippen LogP contribution in [0.2, 0.25) is 10.0 Å². The predicted octanol–water partition coefficient (Wildman–Crippen LogP) is 13.3. The second-order valence-electron chi connectivity index (χ2n) is 18.8. The van der Waals surface area contributed by atoms with Gasteiger partial charge in [0.05, 0.1) is 0 Å². The fraction of sp³-hybridized carbons (Fsp3) is 0.396. The molecule has 0 heterocycles. The molecule has 6 rings (SSSR count). The van der Waals surface area contributed by atoms with Crippen LogP contribution in [-0.2, 0) is 35.5 Å². The number of hydrogen-bond acceptors (Lipinski definition) is 0. The van der Waals surface area contributed by atoms with Crippen LogP contribution in [0.4, 0.5) is 0 Å². The van der Waals surface area contributed by atoms with Gasteiger partial charge in [0.2, 0.25) is 0 Å². The Morgan fingerprint density at radius 2 is 1.25 bits per heavy atom. The van der Waals surface area contributed by atoms with Crippen LogP contribution in [0, 0.1) is 25.2 Å². The summed E-state index contributed by atoms with van der Waals surface area (Å²) >= 11 is 8.86. The molecule has 0 radical (unpaired) electrons. The second kappa shape index (κ2) is 15.0. The van der Waals surface area contributed by atoms with Gasteiger partial charge in [-0.05, 0) is 0 Å². The van der Waals surface area contributed by atoms with E-state index in [2.05, 4.69) is 150 Å². The number of rotatable bonds is 6. The van der Waals surface area contributed by atoms with E-state index in [1.54, 1.807) is 0 Å². The van der Waals surface area contributed by atoms with E-state index in [1.807, 2.05) is 12.1 Å². The average molecular weight is 870 g/mol. The molecule has 0 nitrogen and oxygen atoms in total. The van der Waals surface area contributed by atoms with Crippen molar-refractivity contribution in [3.63, 3.8) is 0 Å². The zero-order valence-corrected chi connectivity index (χ0v) is 39.6. The van der Waals surface area contributed by atoms with Gasteiger partial charge in [-0.15, -0.1) is 24.8 Å². The number of allylic oxidation sites excluding steroid dienone is 4. The van der Waals surface area contributed by atoms with Crippen molar-refractivity contribution < 1.29 is 18.3 Å². The number of benzene rings is 4. The van der Waals surface area contributed by atoms with Gasteiger partial charge in [0.1, 0.15) is 0 Å². The van der Waals surface area contributed by atoms with E-state index in [4.69, 9.17) is 27.4 Å². The quantitative estimate of drug-likeness (QED) is 0.159. The molecule has 1 unspecified atom stereocenters. The van der Waals surface area contributed by atoms with Gasteiger partial charge in [0.15, 0.2) is 0 Å². The third kappa shape index (κ3) is 7.23. The first-order valence-corrected chi connectivity index (χ1v) is 26.3. The second-order valence-corrected chi connectivity index (χ2v) is 32.3. The minimum atomic E-state index is -5.31. The molecule has 284 valence electrons. The van der Waals surface area contributed by atoms with Crippen LogP contribution < -0.4 is 9.81 Å². The topological polar surface area (TPSA) is 0 Å². The summed E-state index contributed by atoms with van der Waals surface area (Å²) in [4.78, 5) is 0. The molecule has 0 N–H and O–H groups in total. The summed E-state index contributed by atoms with van der Waals surface area (Å²) in [6.45, 7) is 28.2. The van der Waals surface area contributed by atoms with Crippen LogP contribution in [0.15, 0.2) is 87.7 Å². The van der Waals surface area contributed by atoms with E-state index in [0.717, 1.165) is 29.3 Å². The molecule has 1 atom stereocenters. The molecule has 4 aromatic carbocycles. The van der Waals surface area contributed by atoms with Gasteiger partial charge >= 0.3 is 322 Å². The summed E-state index contributed by atoms with van der Waals surface area (Å²) in [6, 6.07) is 25.1. The van der Waals surface area contributed by atoms with Crippen LogP contribution in [0.1, 0.15) is 115 Å². The number of aryl methyl sites for hydroxylation is 1. The normalized spacial score (nSPS) is 15.9. The van der Waals surface area contributed by atoms with E-state index in [9.17, 15) is 0 Å². The monoisotopic (exact) mass is 866 g/mol. The van der Waals surface area contributed by atoms with Gasteiger partial charge in [-0.25, -0.2) is 0 Å². The van der Waals surface area contributed by atoms with Crippen molar-refractivity contribution in [1.82, 2.24) is 0 Å². The van der Waals surface area contributed by atoms with E-state index in [1.165, 1.54) is 63.2 Å². The van der Waals surface area contributed by atoms with E-state index >= 15 is 0 Å². The number of fused-ring (bicyclic) bond motifs is 3. The van der Waals surface area contributed by atoms with Gasteiger partial charge in [0, 0.05) is 0 Å². The Morgan fingerprint density at radius 3 is 1.72 bits per heavy atom. The predicted molar refractivity (Wildman–Crippen MR) is 239 cm³/mol. The molecule has 0 fully saturated rings. The van der Waals surface area contributed by atoms with Crippen LogP contribution in [-0.4, -0.2) is 4.21 Å². The third-order valence-electron chi connectivity index (χ3n) is 12.1. The Hall–Kier alpha value is -1.73. The SMILES string of the molecule is Cl.Cl.[CH2]=[Zr]([C]1=CC(C(C)(C)C)=CC1CCC)([c]1cccc(Cl)c1)([c]1cccc(Cl)c1)[c]1c(C)c(C(C)(C)C)cc2c1Cc1cc(C)c(C(C)(C)C)cc1-2. The van der Waals surface area contributed by atoms with Crippen molar-refractivity contribution >= 4 is 62.0 Å². The number of halogens is 4. The molecule has 0 amide bonds. The molecule has 5 heteroatoms. The van der Waals surface area contributed by atoms with Gasteiger partial charge in [0.25, 0.3) is 0 Å². The van der Waals surface area contributed by atoms with Crippen LogP contribution in [0.25, 0.3) is 11.1 Å². The van der Waals surface area contributed by atoms with E-state index < -0.39 is 18.3 Å². The first kappa shape index (κ1) is 44.0. The molecular weight excluding hydrogens is 810 g/mol. The zero-order valence-electron chi connectivity index (χ0n) is 34.0. The van der Waals surface area contributed by atoms with Crippen molar-refractivity contribution in [1.29, 1.82) is 0 Å². The van der Waals surface area contributed by atoms with E-state index in [0.29, 0.717) is 0 Å². The maximum absolute atomic E-state index is 7.08. The minimum absolute atomic E-state index is 0. The maximum atomic E-state index is 7.08. The fourth-order valence-electron chi connectivity index (χ4n) is 9.76. The Kier molecular flexibility index (Phi) is 12.4. The molecule has 53 heavy (non-hydrogen) atoms. The van der Waals surface area contributed by atoms with Crippen LogP contribution in [0.3, 0.4) is 0 Å².